The van der Waals surface area contributed by atoms with Crippen LogP contribution < -0.4 is 19.9 Å². The Morgan fingerprint density at radius 2 is 1.90 bits per heavy atom. The van der Waals surface area contributed by atoms with E-state index in [1.807, 2.05) is 11.8 Å². The quantitative estimate of drug-likeness (QED) is 0.461. The van der Waals surface area contributed by atoms with Crippen LogP contribution in [-0.4, -0.2) is 35.7 Å². The molecule has 9 nitrogen and oxygen atoms in total. The standard InChI is InChI=1S/C19H19ClN4O5/c1-4-23(15-6-5-11(24(26)27)7-13(15)20)10-18-21-14-9-17(29-3)16(28-2)8-12(14)19(25)22-18/h5-9H,4,10H2,1-3H3,(H,21,22,25). The first-order valence-corrected chi connectivity index (χ1v) is 9.09. The lowest BCUT2D eigenvalue weighted by Gasteiger charge is -2.23. The largest absolute Gasteiger partial charge is 0.493 e. The van der Waals surface area contributed by atoms with Gasteiger partial charge in [0.25, 0.3) is 11.2 Å². The number of nitro groups is 1. The molecule has 0 aliphatic rings. The fourth-order valence-corrected chi connectivity index (χ4v) is 3.30. The first-order chi connectivity index (χ1) is 13.9. The molecule has 0 saturated heterocycles. The third-order valence-corrected chi connectivity index (χ3v) is 4.77. The Hall–Kier alpha value is -3.33. The van der Waals surface area contributed by atoms with E-state index in [2.05, 4.69) is 9.97 Å². The van der Waals surface area contributed by atoms with Gasteiger partial charge in [0.2, 0.25) is 0 Å². The number of aromatic nitrogens is 2. The molecule has 10 heteroatoms. The molecular weight excluding hydrogens is 400 g/mol. The van der Waals surface area contributed by atoms with Gasteiger partial charge < -0.3 is 19.4 Å². The van der Waals surface area contributed by atoms with Gasteiger partial charge in [-0.2, -0.15) is 0 Å². The molecule has 3 aromatic rings. The Balaban J connectivity index is 1.99. The van der Waals surface area contributed by atoms with Crippen molar-refractivity contribution in [3.05, 3.63) is 61.6 Å². The molecule has 1 heterocycles. The second-order valence-corrected chi connectivity index (χ2v) is 6.55. The van der Waals surface area contributed by atoms with Gasteiger partial charge in [-0.25, -0.2) is 4.98 Å². The van der Waals surface area contributed by atoms with E-state index in [4.69, 9.17) is 21.1 Å². The maximum Gasteiger partial charge on any atom is 0.271 e. The van der Waals surface area contributed by atoms with Crippen LogP contribution in [0.5, 0.6) is 11.5 Å². The van der Waals surface area contributed by atoms with Gasteiger partial charge >= 0.3 is 0 Å². The SMILES string of the molecule is CCN(Cc1nc2cc(OC)c(OC)cc2c(=O)[nH]1)c1ccc([N+](=O)[O-])cc1Cl. The number of fused-ring (bicyclic) bond motifs is 1. The summed E-state index contributed by atoms with van der Waals surface area (Å²) in [7, 11) is 3.00. The number of nitro benzene ring substituents is 1. The molecule has 2 aromatic carbocycles. The zero-order chi connectivity index (χ0) is 21.1. The second kappa shape index (κ2) is 8.36. The van der Waals surface area contributed by atoms with Crippen LogP contribution in [0, 0.1) is 10.1 Å². The maximum atomic E-state index is 12.5. The summed E-state index contributed by atoms with van der Waals surface area (Å²) in [5.41, 5.74) is 0.673. The van der Waals surface area contributed by atoms with Crippen molar-refractivity contribution in [2.75, 3.05) is 25.7 Å². The lowest BCUT2D eigenvalue weighted by Crippen LogP contribution is -2.25. The fourth-order valence-electron chi connectivity index (χ4n) is 3.00. The smallest absolute Gasteiger partial charge is 0.271 e. The number of benzene rings is 2. The van der Waals surface area contributed by atoms with E-state index in [1.165, 1.54) is 26.4 Å². The van der Waals surface area contributed by atoms with Crippen molar-refractivity contribution in [1.82, 2.24) is 9.97 Å². The van der Waals surface area contributed by atoms with Crippen LogP contribution in [0.15, 0.2) is 35.1 Å². The van der Waals surface area contributed by atoms with Crippen molar-refractivity contribution in [3.63, 3.8) is 0 Å². The minimum atomic E-state index is -0.504. The highest BCUT2D eigenvalue weighted by Crippen LogP contribution is 2.32. The molecule has 0 amide bonds. The summed E-state index contributed by atoms with van der Waals surface area (Å²) in [4.78, 5) is 32.1. The fraction of sp³-hybridized carbons (Fsp3) is 0.263. The number of halogens is 1. The van der Waals surface area contributed by atoms with E-state index < -0.39 is 4.92 Å². The van der Waals surface area contributed by atoms with Gasteiger partial charge in [0.15, 0.2) is 11.5 Å². The first-order valence-electron chi connectivity index (χ1n) is 8.71. The monoisotopic (exact) mass is 418 g/mol. The summed E-state index contributed by atoms with van der Waals surface area (Å²) in [5.74, 6) is 1.33. The third-order valence-electron chi connectivity index (χ3n) is 4.46. The molecule has 152 valence electrons. The third kappa shape index (κ3) is 4.09. The zero-order valence-corrected chi connectivity index (χ0v) is 16.8. The van der Waals surface area contributed by atoms with Crippen LogP contribution in [-0.2, 0) is 6.54 Å². The van der Waals surface area contributed by atoms with E-state index in [0.717, 1.165) is 0 Å². The van der Waals surface area contributed by atoms with E-state index in [-0.39, 0.29) is 22.8 Å². The lowest BCUT2D eigenvalue weighted by molar-refractivity contribution is -0.384. The molecule has 0 saturated carbocycles. The molecule has 0 spiro atoms. The second-order valence-electron chi connectivity index (χ2n) is 6.14. The van der Waals surface area contributed by atoms with Gasteiger partial charge in [-0.1, -0.05) is 11.6 Å². The Morgan fingerprint density at radius 1 is 1.21 bits per heavy atom. The van der Waals surface area contributed by atoms with Gasteiger partial charge in [-0.15, -0.1) is 0 Å². The molecule has 0 unspecified atom stereocenters. The number of methoxy groups -OCH3 is 2. The summed E-state index contributed by atoms with van der Waals surface area (Å²) >= 11 is 6.24. The van der Waals surface area contributed by atoms with E-state index in [1.54, 1.807) is 18.2 Å². The zero-order valence-electron chi connectivity index (χ0n) is 16.1. The Bertz CT molecular complexity index is 1130. The van der Waals surface area contributed by atoms with E-state index in [0.29, 0.717) is 40.5 Å². The van der Waals surface area contributed by atoms with E-state index in [9.17, 15) is 14.9 Å². The maximum absolute atomic E-state index is 12.5. The number of nitrogens with one attached hydrogen (secondary N) is 1. The highest BCUT2D eigenvalue weighted by Gasteiger charge is 2.16. The van der Waals surface area contributed by atoms with Gasteiger partial charge in [-0.05, 0) is 19.1 Å². The molecule has 0 radical (unpaired) electrons. The van der Waals surface area contributed by atoms with Crippen molar-refractivity contribution < 1.29 is 14.4 Å². The number of aromatic amines is 1. The molecule has 1 aromatic heterocycles. The van der Waals surface area contributed by atoms with Gasteiger partial charge in [0.1, 0.15) is 5.82 Å². The molecule has 0 bridgehead atoms. The predicted octanol–water partition coefficient (Wildman–Crippen LogP) is 3.53. The predicted molar refractivity (Wildman–Crippen MR) is 110 cm³/mol. The van der Waals surface area contributed by atoms with Crippen LogP contribution in [0.3, 0.4) is 0 Å². The van der Waals surface area contributed by atoms with Gasteiger partial charge in [0.05, 0.1) is 47.3 Å². The number of H-pyrrole nitrogens is 1. The number of ether oxygens (including phenoxy) is 2. The van der Waals surface area contributed by atoms with Crippen LogP contribution in [0.2, 0.25) is 5.02 Å². The molecule has 29 heavy (non-hydrogen) atoms. The molecule has 1 N–H and O–H groups in total. The average molecular weight is 419 g/mol. The summed E-state index contributed by atoms with van der Waals surface area (Å²) in [5, 5.41) is 11.5. The van der Waals surface area contributed by atoms with Crippen molar-refractivity contribution in [3.8, 4) is 11.5 Å². The van der Waals surface area contributed by atoms with Gasteiger partial charge in [0, 0.05) is 24.7 Å². The minimum Gasteiger partial charge on any atom is -0.493 e. The molecule has 0 aliphatic heterocycles. The Morgan fingerprint density at radius 3 is 2.48 bits per heavy atom. The Kier molecular flexibility index (Phi) is 5.88. The average Bonchev–Trinajstić information content (AvgIpc) is 2.71. The van der Waals surface area contributed by atoms with Crippen molar-refractivity contribution in [2.45, 2.75) is 13.5 Å². The number of hydrogen-bond acceptors (Lipinski definition) is 7. The van der Waals surface area contributed by atoms with Crippen LogP contribution in [0.1, 0.15) is 12.7 Å². The van der Waals surface area contributed by atoms with Crippen molar-refractivity contribution >= 4 is 33.9 Å². The minimum absolute atomic E-state index is 0.0897. The molecular formula is C19H19ClN4O5. The summed E-state index contributed by atoms with van der Waals surface area (Å²) in [6.45, 7) is 2.71. The molecule has 3 rings (SSSR count). The molecule has 0 atom stereocenters. The number of anilines is 1. The normalized spacial score (nSPS) is 10.8. The Labute approximate surface area is 171 Å². The van der Waals surface area contributed by atoms with Crippen LogP contribution >= 0.6 is 11.6 Å². The number of nitrogens with zero attached hydrogens (tertiary/aromatic N) is 3. The number of rotatable bonds is 7. The summed E-state index contributed by atoms with van der Waals surface area (Å²) in [6.07, 6.45) is 0. The summed E-state index contributed by atoms with van der Waals surface area (Å²) in [6, 6.07) is 7.48. The number of hydrogen-bond donors (Lipinski definition) is 1. The van der Waals surface area contributed by atoms with Crippen molar-refractivity contribution in [1.29, 1.82) is 0 Å². The highest BCUT2D eigenvalue weighted by atomic mass is 35.5. The molecule has 0 aliphatic carbocycles. The van der Waals surface area contributed by atoms with Crippen LogP contribution in [0.4, 0.5) is 11.4 Å². The topological polar surface area (TPSA) is 111 Å². The number of non-ortho nitro benzene ring substituents is 1. The first kappa shape index (κ1) is 20.4. The van der Waals surface area contributed by atoms with E-state index >= 15 is 0 Å². The van der Waals surface area contributed by atoms with Crippen LogP contribution in [0.25, 0.3) is 10.9 Å². The van der Waals surface area contributed by atoms with Gasteiger partial charge in [-0.3, -0.25) is 14.9 Å². The van der Waals surface area contributed by atoms with Crippen molar-refractivity contribution in [2.24, 2.45) is 0 Å². The lowest BCUT2D eigenvalue weighted by atomic mass is 10.2. The summed E-state index contributed by atoms with van der Waals surface area (Å²) < 4.78 is 10.5. The molecule has 0 fully saturated rings. The highest BCUT2D eigenvalue weighted by molar-refractivity contribution is 6.33.